The third-order valence-corrected chi connectivity index (χ3v) is 3.59. The molecule has 1 aromatic carbocycles. The summed E-state index contributed by atoms with van der Waals surface area (Å²) in [5.74, 6) is 0. The van der Waals surface area contributed by atoms with Crippen LogP contribution in [0.3, 0.4) is 0 Å². The normalized spacial score (nSPS) is 12.5. The highest BCUT2D eigenvalue weighted by Gasteiger charge is 2.15. The maximum absolute atomic E-state index is 4.80. The standard InChI is InChI=1S/C18H19N3/c1-3-19-18(15-9-8-13(2)20-12-15)17-11-10-14-6-4-5-7-16(14)21-17/h4-12,18-19H,3H2,1-2H3. The number of nitrogens with one attached hydrogen (secondary N) is 1. The number of hydrogen-bond donors (Lipinski definition) is 1. The average Bonchev–Trinajstić information content (AvgIpc) is 2.53. The Hall–Kier alpha value is -2.26. The Morgan fingerprint density at radius 2 is 1.90 bits per heavy atom. The van der Waals surface area contributed by atoms with Crippen LogP contribution in [0.5, 0.6) is 0 Å². The number of para-hydroxylation sites is 1. The van der Waals surface area contributed by atoms with Gasteiger partial charge in [-0.15, -0.1) is 0 Å². The smallest absolute Gasteiger partial charge is 0.0766 e. The fourth-order valence-electron chi connectivity index (χ4n) is 2.49. The first-order valence-electron chi connectivity index (χ1n) is 7.29. The molecule has 0 aliphatic heterocycles. The van der Waals surface area contributed by atoms with Crippen LogP contribution in [0.4, 0.5) is 0 Å². The molecular weight excluding hydrogens is 258 g/mol. The number of benzene rings is 1. The molecule has 1 N–H and O–H groups in total. The molecule has 0 spiro atoms. The van der Waals surface area contributed by atoms with E-state index >= 15 is 0 Å². The monoisotopic (exact) mass is 277 g/mol. The molecule has 0 bridgehead atoms. The minimum Gasteiger partial charge on any atom is -0.305 e. The Kier molecular flexibility index (Phi) is 3.93. The Morgan fingerprint density at radius 1 is 1.05 bits per heavy atom. The van der Waals surface area contributed by atoms with Crippen molar-refractivity contribution in [3.05, 3.63) is 71.7 Å². The summed E-state index contributed by atoms with van der Waals surface area (Å²) in [4.78, 5) is 9.21. The third-order valence-electron chi connectivity index (χ3n) is 3.59. The molecule has 1 unspecified atom stereocenters. The van der Waals surface area contributed by atoms with Gasteiger partial charge in [-0.3, -0.25) is 9.97 Å². The summed E-state index contributed by atoms with van der Waals surface area (Å²) < 4.78 is 0. The van der Waals surface area contributed by atoms with Gasteiger partial charge in [-0.05, 0) is 37.2 Å². The van der Waals surface area contributed by atoms with E-state index in [-0.39, 0.29) is 6.04 Å². The maximum Gasteiger partial charge on any atom is 0.0766 e. The largest absolute Gasteiger partial charge is 0.305 e. The molecule has 0 fully saturated rings. The topological polar surface area (TPSA) is 37.8 Å². The molecule has 106 valence electrons. The lowest BCUT2D eigenvalue weighted by Crippen LogP contribution is -2.23. The van der Waals surface area contributed by atoms with Gasteiger partial charge in [0.2, 0.25) is 0 Å². The quantitative estimate of drug-likeness (QED) is 0.791. The van der Waals surface area contributed by atoms with Crippen molar-refractivity contribution in [2.45, 2.75) is 19.9 Å². The zero-order chi connectivity index (χ0) is 14.7. The van der Waals surface area contributed by atoms with Crippen LogP contribution >= 0.6 is 0 Å². The molecule has 3 heteroatoms. The number of pyridine rings is 2. The number of hydrogen-bond acceptors (Lipinski definition) is 3. The van der Waals surface area contributed by atoms with E-state index in [2.05, 4.69) is 47.6 Å². The van der Waals surface area contributed by atoms with E-state index in [0.29, 0.717) is 0 Å². The second kappa shape index (κ2) is 6.02. The third kappa shape index (κ3) is 2.93. The van der Waals surface area contributed by atoms with Crippen LogP contribution in [0.15, 0.2) is 54.7 Å². The Morgan fingerprint density at radius 3 is 2.67 bits per heavy atom. The van der Waals surface area contributed by atoms with E-state index in [9.17, 15) is 0 Å². The van der Waals surface area contributed by atoms with Gasteiger partial charge in [0.25, 0.3) is 0 Å². The maximum atomic E-state index is 4.80. The van der Waals surface area contributed by atoms with E-state index < -0.39 is 0 Å². The summed E-state index contributed by atoms with van der Waals surface area (Å²) in [5, 5.41) is 4.66. The Bertz CT molecular complexity index is 735. The van der Waals surface area contributed by atoms with E-state index in [4.69, 9.17) is 4.98 Å². The fourth-order valence-corrected chi connectivity index (χ4v) is 2.49. The molecule has 0 radical (unpaired) electrons. The van der Waals surface area contributed by atoms with Crippen LogP contribution < -0.4 is 5.32 Å². The van der Waals surface area contributed by atoms with Crippen LogP contribution in [-0.2, 0) is 0 Å². The highest BCUT2D eigenvalue weighted by atomic mass is 14.9. The minimum absolute atomic E-state index is 0.0766. The number of aryl methyl sites for hydroxylation is 1. The summed E-state index contributed by atoms with van der Waals surface area (Å²) in [5.41, 5.74) is 4.23. The van der Waals surface area contributed by atoms with Crippen LogP contribution in [-0.4, -0.2) is 16.5 Å². The summed E-state index contributed by atoms with van der Waals surface area (Å²) >= 11 is 0. The minimum atomic E-state index is 0.0766. The summed E-state index contributed by atoms with van der Waals surface area (Å²) in [6.07, 6.45) is 1.93. The van der Waals surface area contributed by atoms with Crippen molar-refractivity contribution in [1.82, 2.24) is 15.3 Å². The van der Waals surface area contributed by atoms with Crippen LogP contribution in [0.2, 0.25) is 0 Å². The van der Waals surface area contributed by atoms with Crippen LogP contribution in [0, 0.1) is 6.92 Å². The predicted molar refractivity (Wildman–Crippen MR) is 86.2 cm³/mol. The summed E-state index contributed by atoms with van der Waals surface area (Å²) in [6, 6.07) is 16.7. The number of aromatic nitrogens is 2. The van der Waals surface area contributed by atoms with Crippen molar-refractivity contribution in [3.8, 4) is 0 Å². The SMILES string of the molecule is CCNC(c1ccc(C)nc1)c1ccc2ccccc2n1. The van der Waals surface area contributed by atoms with Gasteiger partial charge in [-0.25, -0.2) is 0 Å². The van der Waals surface area contributed by atoms with E-state index in [1.807, 2.05) is 31.3 Å². The molecule has 0 aliphatic carbocycles. The molecule has 3 rings (SSSR count). The van der Waals surface area contributed by atoms with Gasteiger partial charge in [0.05, 0.1) is 17.3 Å². The van der Waals surface area contributed by atoms with Crippen molar-refractivity contribution in [2.24, 2.45) is 0 Å². The molecule has 21 heavy (non-hydrogen) atoms. The molecule has 3 aromatic rings. The van der Waals surface area contributed by atoms with Gasteiger partial charge in [0.1, 0.15) is 0 Å². The van der Waals surface area contributed by atoms with E-state index in [1.165, 1.54) is 5.39 Å². The van der Waals surface area contributed by atoms with Gasteiger partial charge in [-0.2, -0.15) is 0 Å². The zero-order valence-corrected chi connectivity index (χ0v) is 12.4. The first-order valence-corrected chi connectivity index (χ1v) is 7.29. The highest BCUT2D eigenvalue weighted by Crippen LogP contribution is 2.22. The molecule has 0 saturated heterocycles. The molecular formula is C18H19N3. The van der Waals surface area contributed by atoms with Crippen LogP contribution in [0.1, 0.15) is 29.9 Å². The first-order chi connectivity index (χ1) is 10.3. The number of nitrogens with zero attached hydrogens (tertiary/aromatic N) is 2. The van der Waals surface area contributed by atoms with Crippen molar-refractivity contribution in [3.63, 3.8) is 0 Å². The summed E-state index contributed by atoms with van der Waals surface area (Å²) in [7, 11) is 0. The summed E-state index contributed by atoms with van der Waals surface area (Å²) in [6.45, 7) is 4.99. The zero-order valence-electron chi connectivity index (χ0n) is 12.4. The lowest BCUT2D eigenvalue weighted by Gasteiger charge is -2.18. The van der Waals surface area contributed by atoms with Gasteiger partial charge in [0.15, 0.2) is 0 Å². The van der Waals surface area contributed by atoms with Gasteiger partial charge in [0, 0.05) is 17.3 Å². The first kappa shape index (κ1) is 13.7. The Balaban J connectivity index is 2.04. The molecule has 0 saturated carbocycles. The molecule has 0 amide bonds. The second-order valence-corrected chi connectivity index (χ2v) is 5.15. The predicted octanol–water partition coefficient (Wildman–Crippen LogP) is 3.64. The van der Waals surface area contributed by atoms with Gasteiger partial charge < -0.3 is 5.32 Å². The van der Waals surface area contributed by atoms with Crippen LogP contribution in [0.25, 0.3) is 10.9 Å². The van der Waals surface area contributed by atoms with Crippen molar-refractivity contribution in [1.29, 1.82) is 0 Å². The van der Waals surface area contributed by atoms with E-state index in [0.717, 1.165) is 29.0 Å². The fraction of sp³-hybridized carbons (Fsp3) is 0.222. The highest BCUT2D eigenvalue weighted by molar-refractivity contribution is 5.78. The molecule has 3 nitrogen and oxygen atoms in total. The number of rotatable bonds is 4. The van der Waals surface area contributed by atoms with Gasteiger partial charge >= 0.3 is 0 Å². The molecule has 2 aromatic heterocycles. The molecule has 1 atom stereocenters. The molecule has 0 aliphatic rings. The van der Waals surface area contributed by atoms with E-state index in [1.54, 1.807) is 0 Å². The van der Waals surface area contributed by atoms with Gasteiger partial charge in [-0.1, -0.05) is 37.3 Å². The lowest BCUT2D eigenvalue weighted by molar-refractivity contribution is 0.615. The lowest BCUT2D eigenvalue weighted by atomic mass is 10.0. The van der Waals surface area contributed by atoms with Crippen molar-refractivity contribution >= 4 is 10.9 Å². The Labute approximate surface area is 125 Å². The average molecular weight is 277 g/mol. The van der Waals surface area contributed by atoms with Crippen molar-refractivity contribution in [2.75, 3.05) is 6.54 Å². The molecule has 2 heterocycles. The van der Waals surface area contributed by atoms with Crippen molar-refractivity contribution < 1.29 is 0 Å². The second-order valence-electron chi connectivity index (χ2n) is 5.15. The number of fused-ring (bicyclic) bond motifs is 1.